The Labute approximate surface area is 148 Å². The molecule has 23 heavy (non-hydrogen) atoms. The number of nitrogens with one attached hydrogen (secondary N) is 1. The fraction of sp³-hybridized carbons (Fsp3) is 0.200. The topological polar surface area (TPSA) is 46.2 Å². The first-order valence-electron chi connectivity index (χ1n) is 6.77. The SMILES string of the molecule is O=S(=O)(N[C@@H]1CCSc2c(F)cccc21)c1c(Cl)cccc1Cl. The molecule has 1 atom stereocenters. The van der Waals surface area contributed by atoms with Crippen LogP contribution in [0.2, 0.25) is 10.0 Å². The lowest BCUT2D eigenvalue weighted by Crippen LogP contribution is -2.31. The Morgan fingerprint density at radius 1 is 1.13 bits per heavy atom. The quantitative estimate of drug-likeness (QED) is 0.827. The summed E-state index contributed by atoms with van der Waals surface area (Å²) in [6.07, 6.45) is 0.558. The molecule has 1 aliphatic rings. The standard InChI is InChI=1S/C15H12Cl2FNO2S2/c16-10-4-2-5-11(17)15(10)23(20,21)19-13-7-8-22-14-9(13)3-1-6-12(14)18/h1-6,13,19H,7-8H2/t13-/m1/s1. The summed E-state index contributed by atoms with van der Waals surface area (Å²) in [5, 5.41) is 0.101. The van der Waals surface area contributed by atoms with Crippen molar-refractivity contribution >= 4 is 45.0 Å². The second kappa shape index (κ2) is 6.61. The summed E-state index contributed by atoms with van der Waals surface area (Å²) in [4.78, 5) is 0.330. The molecule has 0 amide bonds. The monoisotopic (exact) mass is 391 g/mol. The smallest absolute Gasteiger partial charge is 0.207 e. The van der Waals surface area contributed by atoms with Crippen LogP contribution in [-0.2, 0) is 10.0 Å². The number of hydrogen-bond acceptors (Lipinski definition) is 3. The first-order chi connectivity index (χ1) is 10.9. The number of halogens is 3. The van der Waals surface area contributed by atoms with E-state index < -0.39 is 16.1 Å². The molecule has 0 unspecified atom stereocenters. The molecule has 2 aromatic rings. The number of rotatable bonds is 3. The lowest BCUT2D eigenvalue weighted by Gasteiger charge is -2.26. The molecule has 1 N–H and O–H groups in total. The van der Waals surface area contributed by atoms with E-state index in [0.29, 0.717) is 22.6 Å². The fourth-order valence-corrected chi connectivity index (χ4v) is 6.03. The molecule has 0 saturated heterocycles. The van der Waals surface area contributed by atoms with Crippen LogP contribution in [0.5, 0.6) is 0 Å². The van der Waals surface area contributed by atoms with Gasteiger partial charge < -0.3 is 0 Å². The van der Waals surface area contributed by atoms with Gasteiger partial charge in [0.1, 0.15) is 10.7 Å². The highest BCUT2D eigenvalue weighted by Crippen LogP contribution is 2.39. The van der Waals surface area contributed by atoms with Crippen LogP contribution in [0.4, 0.5) is 4.39 Å². The van der Waals surface area contributed by atoms with E-state index >= 15 is 0 Å². The third-order valence-electron chi connectivity index (χ3n) is 3.51. The summed E-state index contributed by atoms with van der Waals surface area (Å²) in [5.41, 5.74) is 0.632. The lowest BCUT2D eigenvalue weighted by molar-refractivity contribution is 0.533. The Morgan fingerprint density at radius 2 is 1.78 bits per heavy atom. The molecule has 122 valence electrons. The molecule has 3 rings (SSSR count). The summed E-state index contributed by atoms with van der Waals surface area (Å²) < 4.78 is 41.8. The van der Waals surface area contributed by atoms with E-state index in [2.05, 4.69) is 4.72 Å². The molecule has 0 radical (unpaired) electrons. The second-order valence-electron chi connectivity index (χ2n) is 5.02. The lowest BCUT2D eigenvalue weighted by atomic mass is 10.0. The van der Waals surface area contributed by atoms with E-state index in [1.807, 2.05) is 0 Å². The Kier molecular flexibility index (Phi) is 4.90. The molecule has 0 fully saturated rings. The average molecular weight is 392 g/mol. The van der Waals surface area contributed by atoms with E-state index in [1.165, 1.54) is 30.0 Å². The van der Waals surface area contributed by atoms with Crippen molar-refractivity contribution in [3.63, 3.8) is 0 Å². The van der Waals surface area contributed by atoms with E-state index in [-0.39, 0.29) is 20.8 Å². The summed E-state index contributed by atoms with van der Waals surface area (Å²) in [6.45, 7) is 0. The molecule has 1 aliphatic heterocycles. The van der Waals surface area contributed by atoms with Crippen LogP contribution in [0, 0.1) is 5.82 Å². The van der Waals surface area contributed by atoms with Crippen molar-refractivity contribution in [3.8, 4) is 0 Å². The molecular formula is C15H12Cl2FNO2S2. The molecule has 0 aromatic heterocycles. The van der Waals surface area contributed by atoms with Gasteiger partial charge in [0.15, 0.2) is 0 Å². The fourth-order valence-electron chi connectivity index (χ4n) is 2.49. The van der Waals surface area contributed by atoms with Gasteiger partial charge in [-0.05, 0) is 35.9 Å². The summed E-state index contributed by atoms with van der Waals surface area (Å²) >= 11 is 13.4. The molecule has 1 heterocycles. The van der Waals surface area contributed by atoms with Gasteiger partial charge in [-0.1, -0.05) is 41.4 Å². The predicted octanol–water partition coefficient (Wildman–Crippen LogP) is 4.65. The first kappa shape index (κ1) is 17.0. The van der Waals surface area contributed by atoms with Crippen LogP contribution < -0.4 is 4.72 Å². The van der Waals surface area contributed by atoms with Crippen LogP contribution in [0.3, 0.4) is 0 Å². The van der Waals surface area contributed by atoms with Crippen molar-refractivity contribution in [2.75, 3.05) is 5.75 Å². The van der Waals surface area contributed by atoms with Crippen LogP contribution in [0.1, 0.15) is 18.0 Å². The maximum absolute atomic E-state index is 13.9. The molecule has 0 bridgehead atoms. The van der Waals surface area contributed by atoms with Crippen LogP contribution in [-0.4, -0.2) is 14.2 Å². The maximum atomic E-state index is 13.9. The zero-order chi connectivity index (χ0) is 16.6. The van der Waals surface area contributed by atoms with Gasteiger partial charge in [0, 0.05) is 10.9 Å². The van der Waals surface area contributed by atoms with Gasteiger partial charge in [0.25, 0.3) is 0 Å². The van der Waals surface area contributed by atoms with Gasteiger partial charge in [-0.15, -0.1) is 11.8 Å². The number of sulfonamides is 1. The van der Waals surface area contributed by atoms with Gasteiger partial charge >= 0.3 is 0 Å². The highest BCUT2D eigenvalue weighted by molar-refractivity contribution is 7.99. The third-order valence-corrected chi connectivity index (χ3v) is 7.10. The van der Waals surface area contributed by atoms with Crippen molar-refractivity contribution in [3.05, 3.63) is 57.8 Å². The Bertz CT molecular complexity index is 838. The minimum Gasteiger partial charge on any atom is -0.207 e. The molecule has 0 saturated carbocycles. The zero-order valence-electron chi connectivity index (χ0n) is 11.7. The highest BCUT2D eigenvalue weighted by Gasteiger charge is 2.29. The Morgan fingerprint density at radius 3 is 2.48 bits per heavy atom. The molecule has 3 nitrogen and oxygen atoms in total. The van der Waals surface area contributed by atoms with Gasteiger partial charge in [-0.2, -0.15) is 0 Å². The van der Waals surface area contributed by atoms with Crippen molar-refractivity contribution in [2.24, 2.45) is 0 Å². The third kappa shape index (κ3) is 3.37. The van der Waals surface area contributed by atoms with Gasteiger partial charge in [-0.25, -0.2) is 17.5 Å². The highest BCUT2D eigenvalue weighted by atomic mass is 35.5. The molecular weight excluding hydrogens is 380 g/mol. The van der Waals surface area contributed by atoms with Crippen molar-refractivity contribution < 1.29 is 12.8 Å². The minimum atomic E-state index is -3.92. The van der Waals surface area contributed by atoms with Crippen LogP contribution in [0.25, 0.3) is 0 Å². The van der Waals surface area contributed by atoms with Gasteiger partial charge in [0.05, 0.1) is 10.0 Å². The van der Waals surface area contributed by atoms with E-state index in [0.717, 1.165) is 0 Å². The predicted molar refractivity (Wildman–Crippen MR) is 91.3 cm³/mol. The van der Waals surface area contributed by atoms with Crippen molar-refractivity contribution in [1.29, 1.82) is 0 Å². The molecule has 2 aromatic carbocycles. The zero-order valence-corrected chi connectivity index (χ0v) is 14.9. The average Bonchev–Trinajstić information content (AvgIpc) is 2.47. The molecule has 0 spiro atoms. The Balaban J connectivity index is 1.99. The van der Waals surface area contributed by atoms with E-state index in [1.54, 1.807) is 18.2 Å². The normalized spacial score (nSPS) is 17.8. The summed E-state index contributed by atoms with van der Waals surface area (Å²) in [7, 11) is -3.92. The van der Waals surface area contributed by atoms with Crippen LogP contribution in [0.15, 0.2) is 46.2 Å². The summed E-state index contributed by atoms with van der Waals surface area (Å²) in [5.74, 6) is 0.282. The maximum Gasteiger partial charge on any atom is 0.244 e. The molecule has 8 heteroatoms. The number of thioether (sulfide) groups is 1. The Hall–Kier alpha value is -0.790. The number of benzene rings is 2. The number of hydrogen-bond donors (Lipinski definition) is 1. The first-order valence-corrected chi connectivity index (χ1v) is 10.00. The van der Waals surface area contributed by atoms with Crippen LogP contribution >= 0.6 is 35.0 Å². The summed E-state index contributed by atoms with van der Waals surface area (Å²) in [6, 6.07) is 8.66. The van der Waals surface area contributed by atoms with E-state index in [4.69, 9.17) is 23.2 Å². The largest absolute Gasteiger partial charge is 0.244 e. The van der Waals surface area contributed by atoms with Crippen molar-refractivity contribution in [2.45, 2.75) is 22.3 Å². The van der Waals surface area contributed by atoms with Gasteiger partial charge in [0.2, 0.25) is 10.0 Å². The molecule has 0 aliphatic carbocycles. The minimum absolute atomic E-state index is 0.0506. The second-order valence-corrected chi connectivity index (χ2v) is 8.59. The number of fused-ring (bicyclic) bond motifs is 1. The van der Waals surface area contributed by atoms with Gasteiger partial charge in [-0.3, -0.25) is 0 Å². The van der Waals surface area contributed by atoms with E-state index in [9.17, 15) is 12.8 Å². The van der Waals surface area contributed by atoms with Crippen molar-refractivity contribution in [1.82, 2.24) is 4.72 Å².